The Balaban J connectivity index is 1.84. The van der Waals surface area contributed by atoms with E-state index >= 15 is 0 Å². The van der Waals surface area contributed by atoms with E-state index in [0.717, 1.165) is 18.9 Å². The number of carbonyl (C=O) groups is 2. The van der Waals surface area contributed by atoms with E-state index < -0.39 is 28.9 Å². The number of carbonyl (C=O) groups excluding carboxylic acids is 2. The van der Waals surface area contributed by atoms with Gasteiger partial charge in [-0.3, -0.25) is 19.0 Å². The van der Waals surface area contributed by atoms with Crippen molar-refractivity contribution in [1.82, 2.24) is 20.2 Å². The van der Waals surface area contributed by atoms with Crippen LogP contribution in [0.3, 0.4) is 0 Å². The molecule has 0 saturated carbocycles. The number of amides is 2. The average Bonchev–Trinajstić information content (AvgIpc) is 3.15. The third-order valence-electron chi connectivity index (χ3n) is 4.98. The van der Waals surface area contributed by atoms with Crippen molar-refractivity contribution >= 4 is 17.8 Å². The molecule has 1 aliphatic rings. The number of nitrogens with one attached hydrogen (secondary N) is 2. The van der Waals surface area contributed by atoms with Crippen LogP contribution in [0.15, 0.2) is 23.0 Å². The number of aromatic hydroxyl groups is 1. The molecule has 3 N–H and O–H groups in total. The molecular weight excluding hydrogens is 393 g/mol. The van der Waals surface area contributed by atoms with Gasteiger partial charge in [-0.15, -0.1) is 0 Å². The minimum Gasteiger partial charge on any atom is -0.501 e. The maximum absolute atomic E-state index is 13.5. The molecule has 2 amide bonds. The molecule has 0 atom stereocenters. The van der Waals surface area contributed by atoms with E-state index in [1.807, 2.05) is 4.90 Å². The second kappa shape index (κ2) is 8.93. The van der Waals surface area contributed by atoms with Crippen molar-refractivity contribution in [3.05, 3.63) is 51.2 Å². The van der Waals surface area contributed by atoms with Crippen molar-refractivity contribution in [1.29, 1.82) is 0 Å². The number of hydrogen-bond acceptors (Lipinski definition) is 6. The number of unbranched alkanes of at least 4 members (excludes halogenated alkanes) is 1. The lowest BCUT2D eigenvalue weighted by molar-refractivity contribution is 0.0933. The third-order valence-corrected chi connectivity index (χ3v) is 4.98. The van der Waals surface area contributed by atoms with Gasteiger partial charge in [-0.1, -0.05) is 19.4 Å². The first-order chi connectivity index (χ1) is 14.4. The van der Waals surface area contributed by atoms with Gasteiger partial charge in [0.2, 0.25) is 11.7 Å². The van der Waals surface area contributed by atoms with E-state index in [1.165, 1.54) is 23.7 Å². The highest BCUT2D eigenvalue weighted by Gasteiger charge is 2.28. The Labute approximate surface area is 172 Å². The van der Waals surface area contributed by atoms with E-state index in [0.29, 0.717) is 31.1 Å². The van der Waals surface area contributed by atoms with Crippen molar-refractivity contribution < 1.29 is 19.1 Å². The molecule has 1 aromatic carbocycles. The van der Waals surface area contributed by atoms with Gasteiger partial charge in [-0.2, -0.15) is 0 Å². The predicted octanol–water partition coefficient (Wildman–Crippen LogP) is 0.998. The number of benzene rings is 1. The van der Waals surface area contributed by atoms with Crippen LogP contribution in [0, 0.1) is 5.82 Å². The first-order valence-corrected chi connectivity index (χ1v) is 9.74. The van der Waals surface area contributed by atoms with Crippen LogP contribution in [0.2, 0.25) is 0 Å². The van der Waals surface area contributed by atoms with E-state index in [1.54, 1.807) is 0 Å². The first kappa shape index (κ1) is 21.3. The standard InChI is InChI=1S/C20H24FN5O4/c1-3-4-7-25-8-9-26-19(30)16(27)15(24-20(25)26)18(29)23-11-12-5-6-13(21)10-14(12)17(28)22-2/h5-6,10,27H,3-4,7-9,11H2,1-2H3,(H,22,28)(H,23,29). The van der Waals surface area contributed by atoms with E-state index in [4.69, 9.17) is 0 Å². The van der Waals surface area contributed by atoms with Crippen LogP contribution in [0.4, 0.5) is 10.3 Å². The van der Waals surface area contributed by atoms with Crippen LogP contribution >= 0.6 is 0 Å². The van der Waals surface area contributed by atoms with E-state index in [9.17, 15) is 23.9 Å². The van der Waals surface area contributed by atoms with Gasteiger partial charge in [-0.25, -0.2) is 9.37 Å². The van der Waals surface area contributed by atoms with Gasteiger partial charge in [0, 0.05) is 38.8 Å². The summed E-state index contributed by atoms with van der Waals surface area (Å²) in [4.78, 5) is 43.2. The highest BCUT2D eigenvalue weighted by Crippen LogP contribution is 2.21. The molecule has 2 heterocycles. The number of rotatable bonds is 7. The zero-order valence-electron chi connectivity index (χ0n) is 16.9. The molecule has 1 aromatic heterocycles. The fraction of sp³-hybridized carbons (Fsp3) is 0.400. The molecule has 2 aromatic rings. The molecule has 0 bridgehead atoms. The Morgan fingerprint density at radius 1 is 1.27 bits per heavy atom. The van der Waals surface area contributed by atoms with Crippen molar-refractivity contribution in [3.8, 4) is 5.75 Å². The van der Waals surface area contributed by atoms with Gasteiger partial charge in [0.25, 0.3) is 17.4 Å². The summed E-state index contributed by atoms with van der Waals surface area (Å²) in [6, 6.07) is 3.64. The van der Waals surface area contributed by atoms with Crippen LogP contribution in [-0.4, -0.2) is 46.6 Å². The largest absolute Gasteiger partial charge is 0.501 e. The quantitative estimate of drug-likeness (QED) is 0.619. The molecule has 160 valence electrons. The Bertz CT molecular complexity index is 1040. The number of nitrogens with zero attached hydrogens (tertiary/aromatic N) is 3. The lowest BCUT2D eigenvalue weighted by Gasteiger charge is -2.17. The van der Waals surface area contributed by atoms with Crippen molar-refractivity contribution in [2.75, 3.05) is 25.0 Å². The summed E-state index contributed by atoms with van der Waals surface area (Å²) in [5.41, 5.74) is -0.587. The monoisotopic (exact) mass is 417 g/mol. The highest BCUT2D eigenvalue weighted by atomic mass is 19.1. The number of hydrogen-bond donors (Lipinski definition) is 3. The lowest BCUT2D eigenvalue weighted by Crippen LogP contribution is -2.30. The molecule has 0 fully saturated rings. The third kappa shape index (κ3) is 4.12. The van der Waals surface area contributed by atoms with Crippen LogP contribution in [0.5, 0.6) is 5.75 Å². The molecule has 0 saturated heterocycles. The summed E-state index contributed by atoms with van der Waals surface area (Å²) >= 11 is 0. The molecular formula is C20H24FN5O4. The number of anilines is 1. The molecule has 1 aliphatic heterocycles. The molecule has 9 nitrogen and oxygen atoms in total. The van der Waals surface area contributed by atoms with Gasteiger partial charge in [-0.05, 0) is 24.1 Å². The fourth-order valence-corrected chi connectivity index (χ4v) is 3.32. The predicted molar refractivity (Wildman–Crippen MR) is 108 cm³/mol. The molecule has 3 rings (SSSR count). The summed E-state index contributed by atoms with van der Waals surface area (Å²) in [6.45, 7) is 3.61. The van der Waals surface area contributed by atoms with E-state index in [-0.39, 0.29) is 17.8 Å². The smallest absolute Gasteiger partial charge is 0.298 e. The fourth-order valence-electron chi connectivity index (χ4n) is 3.32. The summed E-state index contributed by atoms with van der Waals surface area (Å²) in [5, 5.41) is 15.2. The van der Waals surface area contributed by atoms with Crippen molar-refractivity contribution in [3.63, 3.8) is 0 Å². The minimum absolute atomic E-state index is 0.0785. The number of fused-ring (bicyclic) bond motifs is 1. The number of aromatic nitrogens is 2. The molecule has 30 heavy (non-hydrogen) atoms. The van der Waals surface area contributed by atoms with Crippen molar-refractivity contribution in [2.24, 2.45) is 0 Å². The van der Waals surface area contributed by atoms with Crippen LogP contribution < -0.4 is 21.1 Å². The number of halogens is 1. The average molecular weight is 417 g/mol. The summed E-state index contributed by atoms with van der Waals surface area (Å²) < 4.78 is 14.9. The maximum atomic E-state index is 13.5. The second-order valence-corrected chi connectivity index (χ2v) is 6.97. The minimum atomic E-state index is -0.762. The molecule has 10 heteroatoms. The van der Waals surface area contributed by atoms with Gasteiger partial charge < -0.3 is 20.6 Å². The Kier molecular flexibility index (Phi) is 6.34. The van der Waals surface area contributed by atoms with E-state index in [2.05, 4.69) is 22.5 Å². The summed E-state index contributed by atoms with van der Waals surface area (Å²) in [7, 11) is 1.42. The topological polar surface area (TPSA) is 117 Å². The Hall–Kier alpha value is -3.43. The van der Waals surface area contributed by atoms with Crippen LogP contribution in [0.1, 0.15) is 46.2 Å². The molecule has 0 radical (unpaired) electrons. The highest BCUT2D eigenvalue weighted by molar-refractivity contribution is 5.97. The summed E-state index contributed by atoms with van der Waals surface area (Å²) in [6.07, 6.45) is 1.88. The maximum Gasteiger partial charge on any atom is 0.298 e. The van der Waals surface area contributed by atoms with Gasteiger partial charge in [0.15, 0.2) is 5.69 Å². The molecule has 0 aliphatic carbocycles. The molecule has 0 unspecified atom stereocenters. The molecule has 0 spiro atoms. The van der Waals surface area contributed by atoms with Crippen LogP contribution in [-0.2, 0) is 13.1 Å². The van der Waals surface area contributed by atoms with Gasteiger partial charge in [0.1, 0.15) is 5.82 Å². The zero-order chi connectivity index (χ0) is 21.8. The Morgan fingerprint density at radius 2 is 2.03 bits per heavy atom. The van der Waals surface area contributed by atoms with Gasteiger partial charge >= 0.3 is 0 Å². The summed E-state index contributed by atoms with van der Waals surface area (Å²) in [5.74, 6) is -2.21. The van der Waals surface area contributed by atoms with Crippen molar-refractivity contribution in [2.45, 2.75) is 32.9 Å². The SMILES string of the molecule is CCCCN1CCn2c1nc(C(=O)NCc1ccc(F)cc1C(=O)NC)c(O)c2=O. The van der Waals surface area contributed by atoms with Crippen LogP contribution in [0.25, 0.3) is 0 Å². The first-order valence-electron chi connectivity index (χ1n) is 9.74. The normalized spacial score (nSPS) is 12.6. The Morgan fingerprint density at radius 3 is 2.73 bits per heavy atom. The second-order valence-electron chi connectivity index (χ2n) is 6.97. The zero-order valence-corrected chi connectivity index (χ0v) is 16.9. The lowest BCUT2D eigenvalue weighted by atomic mass is 10.1. The van der Waals surface area contributed by atoms with Gasteiger partial charge in [0.05, 0.1) is 0 Å².